The number of aliphatic hydroxyl groups is 4. The van der Waals surface area contributed by atoms with Gasteiger partial charge in [-0.3, -0.25) is 9.59 Å². The standard InChI is InChI=1S/C56H89N3O16/c1-15-43-56(10,67)48(62)35(6)58(13)29-31(2)27-54(8,66)49(75-53-46(61)42(57(11)12)25-32(3)71-53)33(4)47(34(5)52(65)73-43)74-44-28-55(9,68-14)50(36(7)72-44)70-24-23-69-22-16-17-37-18-21-41-39(26-37)45(60)40(51(63)64)30-59(41)38-19-20-38/h16-18,21,26,30-36,38,42-44,46-50,53,61-62,66-67H,15,19-20,22-25,27-29H2,1-14H3,(H,63,64)/b17-16+/t31-,32-,33+,34-,35-,36+,42+,43-,44?,46-,47+,48+,49-,50+,53+,54-,55-,56-/m1/s1. The lowest BCUT2D eigenvalue weighted by atomic mass is 9.77. The third kappa shape index (κ3) is 14.1. The molecule has 1 aromatic carbocycles. The summed E-state index contributed by atoms with van der Waals surface area (Å²) in [5.41, 5.74) is -3.74. The minimum absolute atomic E-state index is 0.159. The molecule has 19 heteroatoms. The zero-order valence-corrected chi connectivity index (χ0v) is 46.8. The number of rotatable bonds is 16. The second kappa shape index (κ2) is 25.1. The fourth-order valence-electron chi connectivity index (χ4n) is 11.9. The first-order valence-electron chi connectivity index (χ1n) is 27.0. The Morgan fingerprint density at radius 2 is 1.65 bits per heavy atom. The van der Waals surface area contributed by atoms with Crippen LogP contribution in [-0.4, -0.2) is 197 Å². The van der Waals surface area contributed by atoms with Gasteiger partial charge in [0.2, 0.25) is 5.43 Å². The van der Waals surface area contributed by atoms with E-state index in [-0.39, 0.29) is 68.8 Å². The fraction of sp³-hybridized carbons (Fsp3) is 0.768. The fourth-order valence-corrected chi connectivity index (χ4v) is 11.9. The number of carbonyl (C=O) groups is 2. The lowest BCUT2D eigenvalue weighted by Gasteiger charge is -2.49. The van der Waals surface area contributed by atoms with Crippen LogP contribution in [0.2, 0.25) is 0 Å². The van der Waals surface area contributed by atoms with Crippen LogP contribution in [0.4, 0.5) is 0 Å². The first kappa shape index (κ1) is 60.8. The van der Waals surface area contributed by atoms with Gasteiger partial charge in [-0.15, -0.1) is 0 Å². The number of cyclic esters (lactones) is 1. The molecule has 6 rings (SSSR count). The molecule has 3 saturated heterocycles. The molecule has 0 amide bonds. The summed E-state index contributed by atoms with van der Waals surface area (Å²) in [6.45, 7) is 19.0. The van der Waals surface area contributed by atoms with Crippen LogP contribution in [0.25, 0.3) is 17.0 Å². The molecule has 18 atom stereocenters. The first-order valence-corrected chi connectivity index (χ1v) is 27.0. The summed E-state index contributed by atoms with van der Waals surface area (Å²) in [6.07, 6.45) is -1.18. The number of methoxy groups -OCH3 is 1. The molecule has 1 aliphatic carbocycles. The van der Waals surface area contributed by atoms with Gasteiger partial charge < -0.3 is 77.8 Å². The van der Waals surface area contributed by atoms with E-state index < -0.39 is 107 Å². The summed E-state index contributed by atoms with van der Waals surface area (Å²) in [7, 11) is 7.19. The number of nitrogens with zero attached hydrogens (tertiary/aromatic N) is 3. The molecule has 4 heterocycles. The quantitative estimate of drug-likeness (QED) is 0.110. The third-order valence-electron chi connectivity index (χ3n) is 16.4. The van der Waals surface area contributed by atoms with Crippen molar-refractivity contribution < 1.29 is 73.0 Å². The summed E-state index contributed by atoms with van der Waals surface area (Å²) >= 11 is 0. The topological polar surface area (TPSA) is 238 Å². The van der Waals surface area contributed by atoms with Crippen molar-refractivity contribution in [3.8, 4) is 0 Å². The van der Waals surface area contributed by atoms with Gasteiger partial charge in [0.25, 0.3) is 0 Å². The van der Waals surface area contributed by atoms with Crippen LogP contribution >= 0.6 is 0 Å². The number of ether oxygens (including phenoxy) is 8. The van der Waals surface area contributed by atoms with Crippen molar-refractivity contribution in [2.75, 3.05) is 54.6 Å². The van der Waals surface area contributed by atoms with Gasteiger partial charge in [-0.1, -0.05) is 39.0 Å². The van der Waals surface area contributed by atoms with E-state index >= 15 is 0 Å². The number of aromatic carboxylic acids is 1. The average molecular weight is 1060 g/mol. The highest BCUT2D eigenvalue weighted by molar-refractivity contribution is 5.93. The van der Waals surface area contributed by atoms with Gasteiger partial charge >= 0.3 is 11.9 Å². The van der Waals surface area contributed by atoms with E-state index in [9.17, 15) is 39.9 Å². The van der Waals surface area contributed by atoms with Crippen molar-refractivity contribution in [3.63, 3.8) is 0 Å². The van der Waals surface area contributed by atoms with E-state index in [1.807, 2.05) is 94.4 Å². The highest BCUT2D eigenvalue weighted by Gasteiger charge is 2.53. The van der Waals surface area contributed by atoms with Gasteiger partial charge in [0.15, 0.2) is 12.6 Å². The van der Waals surface area contributed by atoms with E-state index in [1.54, 1.807) is 40.9 Å². The van der Waals surface area contributed by atoms with Crippen molar-refractivity contribution in [1.82, 2.24) is 14.4 Å². The van der Waals surface area contributed by atoms with Crippen LogP contribution in [0.3, 0.4) is 0 Å². The molecule has 75 heavy (non-hydrogen) atoms. The molecule has 0 spiro atoms. The molecular weight excluding hydrogens is 971 g/mol. The number of carboxylic acid groups (broad SMARTS) is 1. The van der Waals surface area contributed by atoms with Gasteiger partial charge in [0.05, 0.1) is 66.9 Å². The first-order chi connectivity index (χ1) is 35.1. The van der Waals surface area contributed by atoms with E-state index in [0.717, 1.165) is 18.4 Å². The number of esters is 1. The minimum Gasteiger partial charge on any atom is -0.477 e. The van der Waals surface area contributed by atoms with Crippen LogP contribution in [0.5, 0.6) is 0 Å². The lowest BCUT2D eigenvalue weighted by Crippen LogP contribution is -2.61. The van der Waals surface area contributed by atoms with Gasteiger partial charge in [0, 0.05) is 55.7 Å². The zero-order valence-electron chi connectivity index (χ0n) is 46.8. The Morgan fingerprint density at radius 3 is 2.28 bits per heavy atom. The van der Waals surface area contributed by atoms with Crippen molar-refractivity contribution in [2.45, 2.75) is 204 Å². The number of carbonyl (C=O) groups excluding carboxylic acids is 1. The molecule has 4 aliphatic rings. The maximum atomic E-state index is 14.6. The Bertz CT molecular complexity index is 2320. The number of benzene rings is 1. The Kier molecular flexibility index (Phi) is 20.4. The summed E-state index contributed by atoms with van der Waals surface area (Å²) in [6, 6.07) is 4.76. The van der Waals surface area contributed by atoms with E-state index in [2.05, 4.69) is 0 Å². The van der Waals surface area contributed by atoms with E-state index in [1.165, 1.54) is 13.1 Å². The maximum Gasteiger partial charge on any atom is 0.341 e. The number of hydrogen-bond acceptors (Lipinski definition) is 17. The molecule has 4 fully saturated rings. The molecule has 0 radical (unpaired) electrons. The second-order valence-electron chi connectivity index (χ2n) is 23.1. The van der Waals surface area contributed by atoms with E-state index in [0.29, 0.717) is 23.9 Å². The summed E-state index contributed by atoms with van der Waals surface area (Å²) in [5, 5.41) is 58.2. The molecule has 0 bridgehead atoms. The predicted molar refractivity (Wildman–Crippen MR) is 281 cm³/mol. The maximum absolute atomic E-state index is 14.6. The number of pyridine rings is 1. The number of hydrogen-bond donors (Lipinski definition) is 5. The molecule has 1 unspecified atom stereocenters. The van der Waals surface area contributed by atoms with Crippen molar-refractivity contribution in [3.05, 3.63) is 51.8 Å². The zero-order chi connectivity index (χ0) is 55.5. The molecular formula is C56H89N3O16. The molecule has 1 aromatic heterocycles. The van der Waals surface area contributed by atoms with Gasteiger partial charge in [0.1, 0.15) is 35.6 Å². The van der Waals surface area contributed by atoms with Crippen molar-refractivity contribution in [1.29, 1.82) is 0 Å². The monoisotopic (exact) mass is 1060 g/mol. The Morgan fingerprint density at radius 1 is 0.960 bits per heavy atom. The molecule has 3 aliphatic heterocycles. The lowest BCUT2D eigenvalue weighted by molar-refractivity contribution is -0.321. The molecule has 19 nitrogen and oxygen atoms in total. The Hall–Kier alpha value is -3.41. The smallest absolute Gasteiger partial charge is 0.341 e. The highest BCUT2D eigenvalue weighted by Crippen LogP contribution is 2.41. The molecule has 5 N–H and O–H groups in total. The second-order valence-corrected chi connectivity index (χ2v) is 23.1. The minimum atomic E-state index is -1.84. The van der Waals surface area contributed by atoms with Crippen molar-refractivity contribution >= 4 is 28.9 Å². The number of fused-ring (bicyclic) bond motifs is 1. The third-order valence-corrected chi connectivity index (χ3v) is 16.4. The number of aliphatic hydroxyl groups excluding tert-OH is 2. The van der Waals surface area contributed by atoms with E-state index in [4.69, 9.17) is 37.9 Å². The van der Waals surface area contributed by atoms with Crippen LogP contribution in [0.1, 0.15) is 130 Å². The summed E-state index contributed by atoms with van der Waals surface area (Å²) < 4.78 is 53.2. The van der Waals surface area contributed by atoms with Gasteiger partial charge in [-0.05, 0) is 125 Å². The summed E-state index contributed by atoms with van der Waals surface area (Å²) in [5.74, 6) is -3.99. The van der Waals surface area contributed by atoms with Gasteiger partial charge in [-0.25, -0.2) is 4.79 Å². The number of carboxylic acids is 1. The average Bonchev–Trinajstić information content (AvgIpc) is 4.19. The largest absolute Gasteiger partial charge is 0.477 e. The van der Waals surface area contributed by atoms with Crippen LogP contribution < -0.4 is 5.43 Å². The predicted octanol–water partition coefficient (Wildman–Crippen LogP) is 5.00. The number of likely N-dealkylation sites (N-methyl/N-ethyl adjacent to an activating group) is 2. The molecule has 2 aromatic rings. The molecule has 1 saturated carbocycles. The van der Waals surface area contributed by atoms with Crippen molar-refractivity contribution in [2.24, 2.45) is 17.8 Å². The van der Waals surface area contributed by atoms with Crippen LogP contribution in [0, 0.1) is 17.8 Å². The number of aromatic nitrogens is 1. The van der Waals surface area contributed by atoms with Crippen LogP contribution in [-0.2, 0) is 42.7 Å². The molecule has 424 valence electrons. The normalized spacial score (nSPS) is 39.1. The summed E-state index contributed by atoms with van der Waals surface area (Å²) in [4.78, 5) is 43.4. The highest BCUT2D eigenvalue weighted by atomic mass is 16.7. The Labute approximate surface area is 443 Å². The van der Waals surface area contributed by atoms with Crippen LogP contribution in [0.15, 0.2) is 35.3 Å². The van der Waals surface area contributed by atoms with Gasteiger partial charge in [-0.2, -0.15) is 0 Å². The Balaban J connectivity index is 1.20. The SMILES string of the molecule is CC[C@H]1OC(=O)[C@H](C)[C@@H](OC2C[C@@](C)(OC)[C@@H](OCCOC/C=C/c3ccc4c(c3)c(=O)c(C(=O)O)cn4C3CC3)[C@H](C)O2)[C@H](C)[C@@H](O[C@@H]2O[C@H](C)C[C@H](N(C)C)[C@H]2O)[C@](C)(O)C[C@@H](C)CN(C)[C@H](C)[C@H](O)[C@]1(C)O.